The molecular weight excluding hydrogens is 268 g/mol. The summed E-state index contributed by atoms with van der Waals surface area (Å²) in [7, 11) is 1.74. The van der Waals surface area contributed by atoms with Crippen LogP contribution in [0.4, 0.5) is 0 Å². The average molecular weight is 286 g/mol. The van der Waals surface area contributed by atoms with Crippen molar-refractivity contribution in [2.45, 2.75) is 6.92 Å². The van der Waals surface area contributed by atoms with Crippen LogP contribution in [0.25, 0.3) is 0 Å². The smallest absolute Gasteiger partial charge is 0.254 e. The van der Waals surface area contributed by atoms with Crippen molar-refractivity contribution in [3.63, 3.8) is 0 Å². The highest BCUT2D eigenvalue weighted by atomic mass is 16.2. The first-order valence-electron chi connectivity index (χ1n) is 6.77. The summed E-state index contributed by atoms with van der Waals surface area (Å²) in [6, 6.07) is 5.31. The molecule has 0 saturated carbocycles. The first kappa shape index (κ1) is 15.1. The Balaban J connectivity index is 2.26. The molecule has 5 heteroatoms. The standard InChI is InChI=1S/C16H18N2O3/c1-12-13(6-4-10-19)5-3-7-14(12)16(21)18-9-8-17(2)15(20)11-18/h3,5,7,19H,8-11H2,1-2H3. The fourth-order valence-electron chi connectivity index (χ4n) is 2.24. The number of rotatable bonds is 1. The van der Waals surface area contributed by atoms with Crippen LogP contribution in [0.3, 0.4) is 0 Å². The zero-order chi connectivity index (χ0) is 15.4. The number of hydrogen-bond donors (Lipinski definition) is 1. The van der Waals surface area contributed by atoms with Crippen molar-refractivity contribution < 1.29 is 14.7 Å². The Morgan fingerprint density at radius 3 is 2.81 bits per heavy atom. The van der Waals surface area contributed by atoms with Crippen molar-refractivity contribution in [3.05, 3.63) is 34.9 Å². The van der Waals surface area contributed by atoms with Gasteiger partial charge in [-0.15, -0.1) is 0 Å². The molecule has 2 rings (SSSR count). The van der Waals surface area contributed by atoms with Gasteiger partial charge in [0.2, 0.25) is 5.91 Å². The third kappa shape index (κ3) is 3.23. The van der Waals surface area contributed by atoms with Gasteiger partial charge < -0.3 is 14.9 Å². The average Bonchev–Trinajstić information content (AvgIpc) is 2.48. The minimum absolute atomic E-state index is 0.0523. The van der Waals surface area contributed by atoms with Crippen LogP contribution in [-0.4, -0.2) is 60.0 Å². The fourth-order valence-corrected chi connectivity index (χ4v) is 2.24. The van der Waals surface area contributed by atoms with Gasteiger partial charge >= 0.3 is 0 Å². The van der Waals surface area contributed by atoms with Gasteiger partial charge in [-0.2, -0.15) is 0 Å². The van der Waals surface area contributed by atoms with Crippen molar-refractivity contribution >= 4 is 11.8 Å². The van der Waals surface area contributed by atoms with Crippen LogP contribution in [0.5, 0.6) is 0 Å². The maximum Gasteiger partial charge on any atom is 0.254 e. The number of likely N-dealkylation sites (N-methyl/N-ethyl adjacent to an activating group) is 1. The summed E-state index contributed by atoms with van der Waals surface area (Å²) in [6.07, 6.45) is 0. The normalized spacial score (nSPS) is 14.7. The quantitative estimate of drug-likeness (QED) is 0.753. The summed E-state index contributed by atoms with van der Waals surface area (Å²) < 4.78 is 0. The maximum absolute atomic E-state index is 12.6. The van der Waals surface area contributed by atoms with E-state index in [2.05, 4.69) is 11.8 Å². The second-order valence-electron chi connectivity index (χ2n) is 4.98. The molecule has 1 aliphatic heterocycles. The van der Waals surface area contributed by atoms with E-state index in [-0.39, 0.29) is 25.0 Å². The van der Waals surface area contributed by atoms with E-state index < -0.39 is 0 Å². The molecule has 1 aliphatic rings. The van der Waals surface area contributed by atoms with Gasteiger partial charge in [0.15, 0.2) is 0 Å². The molecule has 0 aromatic heterocycles. The third-order valence-corrected chi connectivity index (χ3v) is 3.61. The molecule has 0 aliphatic carbocycles. The number of benzene rings is 1. The number of aliphatic hydroxyl groups is 1. The second-order valence-corrected chi connectivity index (χ2v) is 4.98. The predicted octanol–water partition coefficient (Wildman–Crippen LogP) is 0.253. The molecule has 1 aromatic rings. The SMILES string of the molecule is Cc1c(C#CCO)cccc1C(=O)N1CCN(C)C(=O)C1. The summed E-state index contributed by atoms with van der Waals surface area (Å²) in [5, 5.41) is 8.76. The van der Waals surface area contributed by atoms with Crippen molar-refractivity contribution in [2.75, 3.05) is 33.3 Å². The molecule has 0 unspecified atom stereocenters. The lowest BCUT2D eigenvalue weighted by Gasteiger charge is -2.32. The Hall–Kier alpha value is -2.32. The van der Waals surface area contributed by atoms with Gasteiger partial charge in [0, 0.05) is 31.3 Å². The zero-order valence-electron chi connectivity index (χ0n) is 12.2. The molecule has 1 saturated heterocycles. The predicted molar refractivity (Wildman–Crippen MR) is 78.7 cm³/mol. The van der Waals surface area contributed by atoms with E-state index in [1.54, 1.807) is 29.0 Å². The molecule has 1 aromatic carbocycles. The van der Waals surface area contributed by atoms with Crippen molar-refractivity contribution in [3.8, 4) is 11.8 Å². The Morgan fingerprint density at radius 2 is 2.14 bits per heavy atom. The van der Waals surface area contributed by atoms with E-state index in [0.717, 1.165) is 11.1 Å². The minimum Gasteiger partial charge on any atom is -0.384 e. The van der Waals surface area contributed by atoms with Gasteiger partial charge in [-0.1, -0.05) is 17.9 Å². The molecule has 2 amide bonds. The van der Waals surface area contributed by atoms with E-state index in [9.17, 15) is 9.59 Å². The summed E-state index contributed by atoms with van der Waals surface area (Å²) >= 11 is 0. The Labute approximate surface area is 124 Å². The summed E-state index contributed by atoms with van der Waals surface area (Å²) in [4.78, 5) is 27.5. The lowest BCUT2D eigenvalue weighted by Crippen LogP contribution is -2.50. The fraction of sp³-hybridized carbons (Fsp3) is 0.375. The number of aliphatic hydroxyl groups excluding tert-OH is 1. The Bertz CT molecular complexity index is 628. The lowest BCUT2D eigenvalue weighted by molar-refractivity contribution is -0.133. The van der Waals surface area contributed by atoms with E-state index in [1.807, 2.05) is 13.0 Å². The highest BCUT2D eigenvalue weighted by Crippen LogP contribution is 2.16. The zero-order valence-corrected chi connectivity index (χ0v) is 12.2. The molecule has 0 bridgehead atoms. The minimum atomic E-state index is -0.218. The second kappa shape index (κ2) is 6.42. The van der Waals surface area contributed by atoms with E-state index in [0.29, 0.717) is 18.7 Å². The van der Waals surface area contributed by atoms with Crippen LogP contribution in [0, 0.1) is 18.8 Å². The number of piperazine rings is 1. The number of carbonyl (C=O) groups excluding carboxylic acids is 2. The number of hydrogen-bond acceptors (Lipinski definition) is 3. The maximum atomic E-state index is 12.6. The van der Waals surface area contributed by atoms with Crippen LogP contribution in [0.15, 0.2) is 18.2 Å². The highest BCUT2D eigenvalue weighted by Gasteiger charge is 2.26. The molecule has 5 nitrogen and oxygen atoms in total. The topological polar surface area (TPSA) is 60.9 Å². The van der Waals surface area contributed by atoms with Crippen molar-refractivity contribution in [2.24, 2.45) is 0 Å². The monoisotopic (exact) mass is 286 g/mol. The van der Waals surface area contributed by atoms with Gasteiger partial charge in [0.25, 0.3) is 5.91 Å². The molecule has 0 atom stereocenters. The summed E-state index contributed by atoms with van der Waals surface area (Å²) in [6.45, 7) is 2.80. The highest BCUT2D eigenvalue weighted by molar-refractivity contribution is 5.98. The molecule has 1 N–H and O–H groups in total. The van der Waals surface area contributed by atoms with Crippen LogP contribution >= 0.6 is 0 Å². The molecule has 110 valence electrons. The van der Waals surface area contributed by atoms with Gasteiger partial charge in [0.1, 0.15) is 13.2 Å². The molecule has 21 heavy (non-hydrogen) atoms. The van der Waals surface area contributed by atoms with Crippen LogP contribution in [0.1, 0.15) is 21.5 Å². The first-order valence-corrected chi connectivity index (χ1v) is 6.77. The van der Waals surface area contributed by atoms with E-state index in [1.165, 1.54) is 0 Å². The molecule has 0 spiro atoms. The molecular formula is C16H18N2O3. The summed E-state index contributed by atoms with van der Waals surface area (Å²) in [5.41, 5.74) is 2.04. The molecule has 1 heterocycles. The van der Waals surface area contributed by atoms with Gasteiger partial charge in [-0.3, -0.25) is 9.59 Å². The van der Waals surface area contributed by atoms with Gasteiger partial charge in [-0.05, 0) is 24.6 Å². The summed E-state index contributed by atoms with van der Waals surface area (Å²) in [5.74, 6) is 5.21. The lowest BCUT2D eigenvalue weighted by atomic mass is 10.0. The van der Waals surface area contributed by atoms with Crippen LogP contribution < -0.4 is 0 Å². The largest absolute Gasteiger partial charge is 0.384 e. The first-order chi connectivity index (χ1) is 10.0. The molecule has 0 radical (unpaired) electrons. The van der Waals surface area contributed by atoms with Gasteiger partial charge in [0.05, 0.1) is 0 Å². The van der Waals surface area contributed by atoms with Gasteiger partial charge in [-0.25, -0.2) is 0 Å². The third-order valence-electron chi connectivity index (χ3n) is 3.61. The van der Waals surface area contributed by atoms with Crippen LogP contribution in [-0.2, 0) is 4.79 Å². The van der Waals surface area contributed by atoms with E-state index in [4.69, 9.17) is 5.11 Å². The number of amides is 2. The molecule has 1 fully saturated rings. The van der Waals surface area contributed by atoms with Crippen LogP contribution in [0.2, 0.25) is 0 Å². The van der Waals surface area contributed by atoms with Crippen molar-refractivity contribution in [1.82, 2.24) is 9.80 Å². The number of carbonyl (C=O) groups is 2. The Kier molecular flexibility index (Phi) is 4.61. The Morgan fingerprint density at radius 1 is 1.38 bits per heavy atom. The van der Waals surface area contributed by atoms with Crippen molar-refractivity contribution in [1.29, 1.82) is 0 Å². The van der Waals surface area contributed by atoms with E-state index >= 15 is 0 Å². The number of nitrogens with zero attached hydrogens (tertiary/aromatic N) is 2.